The number of hydrogen-bond acceptors (Lipinski definition) is 3. The van der Waals surface area contributed by atoms with E-state index in [2.05, 4.69) is 4.98 Å². The van der Waals surface area contributed by atoms with Crippen LogP contribution in [0.4, 0.5) is 4.39 Å². The molecule has 0 saturated heterocycles. The first-order valence-corrected chi connectivity index (χ1v) is 4.27. The first-order valence-electron chi connectivity index (χ1n) is 3.39. The SMILES string of the molecule is COc1nc2sccc2cc1F. The Morgan fingerprint density at radius 1 is 1.58 bits per heavy atom. The minimum absolute atomic E-state index is 0.0601. The van der Waals surface area contributed by atoms with Gasteiger partial charge in [0, 0.05) is 5.39 Å². The molecule has 0 atom stereocenters. The fourth-order valence-corrected chi connectivity index (χ4v) is 1.74. The van der Waals surface area contributed by atoms with Crippen molar-refractivity contribution in [2.24, 2.45) is 0 Å². The van der Waals surface area contributed by atoms with Gasteiger partial charge in [-0.1, -0.05) is 0 Å². The van der Waals surface area contributed by atoms with Gasteiger partial charge in [0.15, 0.2) is 5.82 Å². The van der Waals surface area contributed by atoms with Gasteiger partial charge in [-0.3, -0.25) is 0 Å². The Bertz CT molecular complexity index is 412. The molecule has 0 unspecified atom stereocenters. The largest absolute Gasteiger partial charge is 0.479 e. The van der Waals surface area contributed by atoms with Gasteiger partial charge in [-0.25, -0.2) is 4.39 Å². The number of aromatic nitrogens is 1. The highest BCUT2D eigenvalue weighted by Crippen LogP contribution is 2.24. The lowest BCUT2D eigenvalue weighted by Gasteiger charge is -1.98. The number of rotatable bonds is 1. The lowest BCUT2D eigenvalue weighted by atomic mass is 10.3. The highest BCUT2D eigenvalue weighted by Gasteiger charge is 2.06. The van der Waals surface area contributed by atoms with Gasteiger partial charge < -0.3 is 4.74 Å². The smallest absolute Gasteiger partial charge is 0.251 e. The number of ether oxygens (including phenoxy) is 1. The summed E-state index contributed by atoms with van der Waals surface area (Å²) in [5.41, 5.74) is 0. The maximum atomic E-state index is 13.0. The second kappa shape index (κ2) is 2.71. The van der Waals surface area contributed by atoms with Gasteiger partial charge in [0.2, 0.25) is 0 Å². The Hall–Kier alpha value is -1.16. The lowest BCUT2D eigenvalue weighted by molar-refractivity contribution is 0.371. The normalized spacial score (nSPS) is 10.5. The minimum Gasteiger partial charge on any atom is -0.479 e. The molecule has 0 saturated carbocycles. The van der Waals surface area contributed by atoms with Crippen molar-refractivity contribution >= 4 is 21.6 Å². The average Bonchev–Trinajstić information content (AvgIpc) is 2.49. The molecule has 2 aromatic heterocycles. The van der Waals surface area contributed by atoms with Crippen LogP contribution in [0, 0.1) is 5.82 Å². The third kappa shape index (κ3) is 1.04. The summed E-state index contributed by atoms with van der Waals surface area (Å²) in [7, 11) is 1.41. The van der Waals surface area contributed by atoms with E-state index in [0.29, 0.717) is 0 Å². The molecule has 62 valence electrons. The molecule has 0 spiro atoms. The molecular formula is C8H6FNOS. The zero-order valence-corrected chi connectivity index (χ0v) is 7.19. The van der Waals surface area contributed by atoms with E-state index in [1.54, 1.807) is 0 Å². The molecule has 12 heavy (non-hydrogen) atoms. The Morgan fingerprint density at radius 3 is 3.17 bits per heavy atom. The Morgan fingerprint density at radius 2 is 2.42 bits per heavy atom. The summed E-state index contributed by atoms with van der Waals surface area (Å²) < 4.78 is 17.8. The molecule has 0 fully saturated rings. The predicted octanol–water partition coefficient (Wildman–Crippen LogP) is 2.44. The van der Waals surface area contributed by atoms with Gasteiger partial charge in [-0.2, -0.15) is 4.98 Å². The van der Waals surface area contributed by atoms with E-state index in [0.717, 1.165) is 10.2 Å². The van der Waals surface area contributed by atoms with Gasteiger partial charge in [-0.05, 0) is 17.5 Å². The number of nitrogens with zero attached hydrogens (tertiary/aromatic N) is 1. The van der Waals surface area contributed by atoms with Crippen molar-refractivity contribution in [2.75, 3.05) is 7.11 Å². The van der Waals surface area contributed by atoms with E-state index in [-0.39, 0.29) is 5.88 Å². The number of hydrogen-bond donors (Lipinski definition) is 0. The van der Waals surface area contributed by atoms with Crippen LogP contribution < -0.4 is 4.74 Å². The van der Waals surface area contributed by atoms with Crippen molar-refractivity contribution in [3.05, 3.63) is 23.3 Å². The average molecular weight is 183 g/mol. The number of methoxy groups -OCH3 is 1. The Labute approximate surface area is 72.6 Å². The van der Waals surface area contributed by atoms with Gasteiger partial charge in [-0.15, -0.1) is 11.3 Å². The first kappa shape index (κ1) is 7.49. The summed E-state index contributed by atoms with van der Waals surface area (Å²) in [6.45, 7) is 0. The summed E-state index contributed by atoms with van der Waals surface area (Å²) in [6.07, 6.45) is 0. The van der Waals surface area contributed by atoms with E-state index < -0.39 is 5.82 Å². The highest BCUT2D eigenvalue weighted by molar-refractivity contribution is 7.16. The van der Waals surface area contributed by atoms with E-state index in [1.807, 2.05) is 11.4 Å². The maximum absolute atomic E-state index is 13.0. The van der Waals surface area contributed by atoms with Gasteiger partial charge in [0.1, 0.15) is 4.83 Å². The number of thiophene rings is 1. The second-order valence-corrected chi connectivity index (χ2v) is 3.19. The third-order valence-corrected chi connectivity index (χ3v) is 2.38. The molecular weight excluding hydrogens is 177 g/mol. The molecule has 2 rings (SSSR count). The van der Waals surface area contributed by atoms with Gasteiger partial charge >= 0.3 is 0 Å². The number of halogens is 1. The van der Waals surface area contributed by atoms with E-state index >= 15 is 0 Å². The van der Waals surface area contributed by atoms with Crippen LogP contribution in [0.5, 0.6) is 5.88 Å². The quantitative estimate of drug-likeness (QED) is 0.677. The summed E-state index contributed by atoms with van der Waals surface area (Å²) >= 11 is 1.47. The van der Waals surface area contributed by atoms with Gasteiger partial charge in [0.05, 0.1) is 7.11 Å². The zero-order chi connectivity index (χ0) is 8.55. The summed E-state index contributed by atoms with van der Waals surface area (Å²) in [5.74, 6) is -0.353. The predicted molar refractivity (Wildman–Crippen MR) is 46.1 cm³/mol. The van der Waals surface area contributed by atoms with Gasteiger partial charge in [0.25, 0.3) is 5.88 Å². The van der Waals surface area contributed by atoms with Crippen LogP contribution >= 0.6 is 11.3 Å². The summed E-state index contributed by atoms with van der Waals surface area (Å²) in [6, 6.07) is 3.26. The van der Waals surface area contributed by atoms with Crippen LogP contribution in [-0.4, -0.2) is 12.1 Å². The van der Waals surface area contributed by atoms with Crippen molar-refractivity contribution in [3.8, 4) is 5.88 Å². The summed E-state index contributed by atoms with van der Waals surface area (Å²) in [5, 5.41) is 2.69. The molecule has 0 bridgehead atoms. The van der Waals surface area contributed by atoms with Crippen molar-refractivity contribution in [1.29, 1.82) is 0 Å². The van der Waals surface area contributed by atoms with E-state index in [9.17, 15) is 4.39 Å². The van der Waals surface area contributed by atoms with E-state index in [1.165, 1.54) is 24.5 Å². The highest BCUT2D eigenvalue weighted by atomic mass is 32.1. The van der Waals surface area contributed by atoms with Crippen LogP contribution in [0.1, 0.15) is 0 Å². The van der Waals surface area contributed by atoms with Crippen molar-refractivity contribution in [2.45, 2.75) is 0 Å². The summed E-state index contributed by atoms with van der Waals surface area (Å²) in [4.78, 5) is 4.77. The molecule has 0 aliphatic rings. The molecule has 2 heterocycles. The molecule has 0 N–H and O–H groups in total. The molecule has 0 amide bonds. The number of fused-ring (bicyclic) bond motifs is 1. The second-order valence-electron chi connectivity index (χ2n) is 2.29. The molecule has 2 nitrogen and oxygen atoms in total. The fourth-order valence-electron chi connectivity index (χ4n) is 0.999. The molecule has 0 aliphatic heterocycles. The van der Waals surface area contributed by atoms with Crippen LogP contribution in [0.3, 0.4) is 0 Å². The molecule has 0 radical (unpaired) electrons. The lowest BCUT2D eigenvalue weighted by Crippen LogP contribution is -1.90. The third-order valence-electron chi connectivity index (χ3n) is 1.56. The molecule has 0 aromatic carbocycles. The topological polar surface area (TPSA) is 22.1 Å². The zero-order valence-electron chi connectivity index (χ0n) is 6.37. The van der Waals surface area contributed by atoms with Crippen LogP contribution in [0.2, 0.25) is 0 Å². The molecule has 2 aromatic rings. The van der Waals surface area contributed by atoms with Crippen LogP contribution in [0.15, 0.2) is 17.5 Å². The molecule has 0 aliphatic carbocycles. The maximum Gasteiger partial charge on any atom is 0.251 e. The Balaban J connectivity index is 2.73. The van der Waals surface area contributed by atoms with Crippen LogP contribution in [0.25, 0.3) is 10.2 Å². The van der Waals surface area contributed by atoms with Crippen molar-refractivity contribution in [1.82, 2.24) is 4.98 Å². The Kier molecular flexibility index (Phi) is 1.69. The molecule has 4 heteroatoms. The first-order chi connectivity index (χ1) is 5.81. The minimum atomic E-state index is -0.414. The number of pyridine rings is 1. The standard InChI is InChI=1S/C8H6FNOS/c1-11-7-6(9)4-5-2-3-12-8(5)10-7/h2-4H,1H3. The monoisotopic (exact) mass is 183 g/mol. The fraction of sp³-hybridized carbons (Fsp3) is 0.125. The van der Waals surface area contributed by atoms with Crippen molar-refractivity contribution in [3.63, 3.8) is 0 Å². The van der Waals surface area contributed by atoms with E-state index in [4.69, 9.17) is 4.74 Å². The van der Waals surface area contributed by atoms with Crippen LogP contribution in [-0.2, 0) is 0 Å². The van der Waals surface area contributed by atoms with Crippen molar-refractivity contribution < 1.29 is 9.13 Å².